The average molecular weight is 1140 g/mol. The van der Waals surface area contributed by atoms with E-state index in [-0.39, 0.29) is 18.5 Å². The molecule has 0 rings (SSSR count). The van der Waals surface area contributed by atoms with Crippen molar-refractivity contribution in [1.82, 2.24) is 5.32 Å². The topological polar surface area (TPSA) is 95.9 Å². The van der Waals surface area contributed by atoms with E-state index in [1.807, 2.05) is 6.08 Å². The fraction of sp³-hybridized carbons (Fsp3) is 0.867. The van der Waals surface area contributed by atoms with Crippen LogP contribution in [0.3, 0.4) is 0 Å². The van der Waals surface area contributed by atoms with Gasteiger partial charge in [0, 0.05) is 12.8 Å². The van der Waals surface area contributed by atoms with Crippen LogP contribution in [-0.4, -0.2) is 47.4 Å². The number of carbonyl (C=O) groups excluding carboxylic acids is 2. The predicted octanol–water partition coefficient (Wildman–Crippen LogP) is 23.6. The Morgan fingerprint density at radius 3 is 0.975 bits per heavy atom. The standard InChI is InChI=1S/C75H141NO5/c1-3-5-7-9-11-13-15-17-18-19-35-39-42-45-49-53-57-61-65-69-75(80)81-70-66-62-58-54-50-46-43-40-37-34-32-30-28-26-24-22-20-21-23-25-27-29-31-33-36-38-41-44-48-52-56-60-64-68-74(79)76-72(71-77)73(78)67-63-59-55-51-47-16-14-12-10-8-6-4-2/h11,13,17-18,24,26,63,67,72-73,77-78H,3-10,12,14-16,19-23,25,27-62,64-66,68-71H2,1-2H3,(H,76,79)/b13-11-,18-17-,26-24-,67-63+. The van der Waals surface area contributed by atoms with Crippen LogP contribution in [0.2, 0.25) is 0 Å². The van der Waals surface area contributed by atoms with Crippen molar-refractivity contribution in [3.8, 4) is 0 Å². The molecule has 0 aliphatic rings. The molecule has 81 heavy (non-hydrogen) atoms. The largest absolute Gasteiger partial charge is 0.466 e. The molecule has 3 N–H and O–H groups in total. The van der Waals surface area contributed by atoms with Crippen molar-refractivity contribution < 1.29 is 24.5 Å². The highest BCUT2D eigenvalue weighted by Crippen LogP contribution is 2.18. The molecule has 0 aromatic rings. The van der Waals surface area contributed by atoms with Crippen LogP contribution in [0, 0.1) is 0 Å². The fourth-order valence-corrected chi connectivity index (χ4v) is 11.3. The minimum absolute atomic E-state index is 0.0148. The second-order valence-electron chi connectivity index (χ2n) is 24.9. The zero-order valence-electron chi connectivity index (χ0n) is 54.5. The van der Waals surface area contributed by atoms with E-state index >= 15 is 0 Å². The van der Waals surface area contributed by atoms with Gasteiger partial charge in [-0.25, -0.2) is 0 Å². The number of aliphatic hydroxyl groups excluding tert-OH is 2. The van der Waals surface area contributed by atoms with Gasteiger partial charge in [-0.3, -0.25) is 9.59 Å². The van der Waals surface area contributed by atoms with Crippen LogP contribution in [0.5, 0.6) is 0 Å². The second-order valence-corrected chi connectivity index (χ2v) is 24.9. The minimum atomic E-state index is -0.841. The summed E-state index contributed by atoms with van der Waals surface area (Å²) in [5.41, 5.74) is 0. The third kappa shape index (κ3) is 66.8. The Kier molecular flexibility index (Phi) is 68.4. The molecule has 6 heteroatoms. The Morgan fingerprint density at radius 2 is 0.617 bits per heavy atom. The summed E-state index contributed by atoms with van der Waals surface area (Å²) in [6.45, 7) is 4.89. The molecule has 0 aliphatic carbocycles. The molecule has 2 unspecified atom stereocenters. The summed E-state index contributed by atoms with van der Waals surface area (Å²) in [4.78, 5) is 24.6. The first-order valence-corrected chi connectivity index (χ1v) is 36.4. The molecular weight excluding hydrogens is 995 g/mol. The normalized spacial score (nSPS) is 12.8. The average Bonchev–Trinajstić information content (AvgIpc) is 3.47. The molecule has 0 aromatic heterocycles. The number of carbonyl (C=O) groups is 2. The summed E-state index contributed by atoms with van der Waals surface area (Å²) >= 11 is 0. The summed E-state index contributed by atoms with van der Waals surface area (Å²) in [6.07, 6.45) is 92.1. The highest BCUT2D eigenvalue weighted by atomic mass is 16.5. The lowest BCUT2D eigenvalue weighted by Gasteiger charge is -2.20. The summed E-state index contributed by atoms with van der Waals surface area (Å²) in [5, 5.41) is 23.1. The summed E-state index contributed by atoms with van der Waals surface area (Å²) in [7, 11) is 0. The van der Waals surface area contributed by atoms with Gasteiger partial charge in [-0.15, -0.1) is 0 Å². The number of esters is 1. The molecule has 0 aliphatic heterocycles. The maximum absolute atomic E-state index is 12.5. The van der Waals surface area contributed by atoms with Crippen LogP contribution >= 0.6 is 0 Å². The number of hydrogen-bond acceptors (Lipinski definition) is 5. The number of amides is 1. The molecule has 0 fully saturated rings. The van der Waals surface area contributed by atoms with Crippen LogP contribution in [0.15, 0.2) is 48.6 Å². The van der Waals surface area contributed by atoms with Crippen molar-refractivity contribution in [2.45, 2.75) is 405 Å². The second kappa shape index (κ2) is 70.3. The third-order valence-electron chi connectivity index (χ3n) is 16.8. The molecule has 0 heterocycles. The Morgan fingerprint density at radius 1 is 0.346 bits per heavy atom. The van der Waals surface area contributed by atoms with Crippen molar-refractivity contribution in [3.05, 3.63) is 48.6 Å². The van der Waals surface area contributed by atoms with Gasteiger partial charge in [0.2, 0.25) is 5.91 Å². The first kappa shape index (κ1) is 78.8. The third-order valence-corrected chi connectivity index (χ3v) is 16.8. The molecule has 0 spiro atoms. The number of unbranched alkanes of at least 4 members (excludes halogenated alkanes) is 51. The monoisotopic (exact) mass is 1140 g/mol. The van der Waals surface area contributed by atoms with Crippen molar-refractivity contribution >= 4 is 11.9 Å². The van der Waals surface area contributed by atoms with E-state index < -0.39 is 12.1 Å². The van der Waals surface area contributed by atoms with Gasteiger partial charge in [-0.05, 0) is 89.9 Å². The van der Waals surface area contributed by atoms with Crippen LogP contribution < -0.4 is 5.32 Å². The van der Waals surface area contributed by atoms with Crippen molar-refractivity contribution in [3.63, 3.8) is 0 Å². The van der Waals surface area contributed by atoms with E-state index in [9.17, 15) is 19.8 Å². The molecule has 1 amide bonds. The zero-order valence-corrected chi connectivity index (χ0v) is 54.5. The summed E-state index contributed by atoms with van der Waals surface area (Å²) < 4.78 is 5.51. The van der Waals surface area contributed by atoms with Gasteiger partial charge in [0.15, 0.2) is 0 Å². The van der Waals surface area contributed by atoms with Gasteiger partial charge in [-0.2, -0.15) is 0 Å². The molecule has 0 radical (unpaired) electrons. The summed E-state index contributed by atoms with van der Waals surface area (Å²) in [6, 6.07) is -0.625. The molecule has 0 aromatic carbocycles. The van der Waals surface area contributed by atoms with E-state index in [0.717, 1.165) is 51.4 Å². The van der Waals surface area contributed by atoms with Gasteiger partial charge in [0.25, 0.3) is 0 Å². The maximum atomic E-state index is 12.5. The quantitative estimate of drug-likeness (QED) is 0.0320. The van der Waals surface area contributed by atoms with Gasteiger partial charge >= 0.3 is 5.97 Å². The number of hydrogen-bond donors (Lipinski definition) is 3. The molecular formula is C75H141NO5. The Balaban J connectivity index is 3.34. The van der Waals surface area contributed by atoms with Crippen LogP contribution in [0.1, 0.15) is 393 Å². The summed E-state index contributed by atoms with van der Waals surface area (Å²) in [5.74, 6) is -0.0496. The lowest BCUT2D eigenvalue weighted by molar-refractivity contribution is -0.143. The van der Waals surface area contributed by atoms with E-state index in [1.165, 1.54) is 315 Å². The van der Waals surface area contributed by atoms with Crippen LogP contribution in [0.25, 0.3) is 0 Å². The molecule has 0 bridgehead atoms. The van der Waals surface area contributed by atoms with Crippen molar-refractivity contribution in [2.24, 2.45) is 0 Å². The number of nitrogens with one attached hydrogen (secondary N) is 1. The minimum Gasteiger partial charge on any atom is -0.466 e. The van der Waals surface area contributed by atoms with Gasteiger partial charge in [0.1, 0.15) is 0 Å². The predicted molar refractivity (Wildman–Crippen MR) is 356 cm³/mol. The Hall–Kier alpha value is -2.18. The highest BCUT2D eigenvalue weighted by molar-refractivity contribution is 5.76. The highest BCUT2D eigenvalue weighted by Gasteiger charge is 2.18. The van der Waals surface area contributed by atoms with E-state index in [2.05, 4.69) is 55.6 Å². The first-order chi connectivity index (χ1) is 40.0. The molecule has 2 atom stereocenters. The van der Waals surface area contributed by atoms with Gasteiger partial charge in [0.05, 0.1) is 25.4 Å². The van der Waals surface area contributed by atoms with E-state index in [4.69, 9.17) is 4.74 Å². The molecule has 0 saturated carbocycles. The lowest BCUT2D eigenvalue weighted by Crippen LogP contribution is -2.45. The Bertz CT molecular complexity index is 1360. The zero-order chi connectivity index (χ0) is 58.5. The first-order valence-electron chi connectivity index (χ1n) is 36.4. The number of aliphatic hydroxyl groups is 2. The van der Waals surface area contributed by atoms with Crippen molar-refractivity contribution in [1.29, 1.82) is 0 Å². The van der Waals surface area contributed by atoms with E-state index in [0.29, 0.717) is 19.4 Å². The number of allylic oxidation sites excluding steroid dienone is 7. The van der Waals surface area contributed by atoms with Crippen molar-refractivity contribution in [2.75, 3.05) is 13.2 Å². The smallest absolute Gasteiger partial charge is 0.305 e. The maximum Gasteiger partial charge on any atom is 0.305 e. The van der Waals surface area contributed by atoms with E-state index in [1.54, 1.807) is 6.08 Å². The molecule has 476 valence electrons. The van der Waals surface area contributed by atoms with Crippen LogP contribution in [-0.2, 0) is 14.3 Å². The number of ether oxygens (including phenoxy) is 1. The van der Waals surface area contributed by atoms with Gasteiger partial charge in [-0.1, -0.05) is 339 Å². The fourth-order valence-electron chi connectivity index (χ4n) is 11.3. The Labute approximate surface area is 506 Å². The molecule has 0 saturated heterocycles. The SMILES string of the molecule is CCCCC/C=C\C/C=C\CCCCCCCCCCCC(=O)OCCCCCCCCCCCCCC/C=C\CCCCCCCCCCCCCCCCCCCC(=O)NC(CO)C(O)/C=C/CCCCCCCCCCCC. The lowest BCUT2D eigenvalue weighted by atomic mass is 10.0. The molecule has 6 nitrogen and oxygen atoms in total. The van der Waals surface area contributed by atoms with Crippen LogP contribution in [0.4, 0.5) is 0 Å². The van der Waals surface area contributed by atoms with Gasteiger partial charge < -0.3 is 20.3 Å². The number of rotatable bonds is 68.